The molecular formula is C23H26BrN5. The maximum Gasteiger partial charge on any atom is 0.162 e. The van der Waals surface area contributed by atoms with Gasteiger partial charge in [-0.3, -0.25) is 4.98 Å². The van der Waals surface area contributed by atoms with Crippen molar-refractivity contribution >= 4 is 45.1 Å². The molecule has 0 atom stereocenters. The molecule has 0 bridgehead atoms. The summed E-state index contributed by atoms with van der Waals surface area (Å²) in [6, 6.07) is 10.3. The Morgan fingerprint density at radius 1 is 1.24 bits per heavy atom. The van der Waals surface area contributed by atoms with Crippen LogP contribution in [0.25, 0.3) is 28.2 Å². The fraction of sp³-hybridized carbons (Fsp3) is 0.348. The van der Waals surface area contributed by atoms with E-state index in [0.29, 0.717) is 5.92 Å². The Morgan fingerprint density at radius 2 is 2.03 bits per heavy atom. The Morgan fingerprint density at radius 3 is 2.83 bits per heavy atom. The van der Waals surface area contributed by atoms with E-state index in [1.165, 1.54) is 25.9 Å². The van der Waals surface area contributed by atoms with Crippen LogP contribution in [0, 0.1) is 5.92 Å². The third-order valence-electron chi connectivity index (χ3n) is 5.46. The van der Waals surface area contributed by atoms with Crippen molar-refractivity contribution in [1.29, 1.82) is 0 Å². The SMILES string of the molecule is C/C(Br)=C\n1ncc(-c2cnc3ccccc3c2)c1/N=C/CC1CCN(C)CC1. The molecule has 0 spiro atoms. The first-order valence-corrected chi connectivity index (χ1v) is 10.9. The third-order valence-corrected chi connectivity index (χ3v) is 5.67. The normalized spacial score (nSPS) is 16.9. The van der Waals surface area contributed by atoms with E-state index in [1.807, 2.05) is 48.4 Å². The highest BCUT2D eigenvalue weighted by atomic mass is 79.9. The van der Waals surface area contributed by atoms with Gasteiger partial charge in [0.05, 0.1) is 11.7 Å². The molecule has 0 N–H and O–H groups in total. The van der Waals surface area contributed by atoms with Crippen molar-refractivity contribution in [2.24, 2.45) is 10.9 Å². The number of piperidine rings is 1. The lowest BCUT2D eigenvalue weighted by Gasteiger charge is -2.27. The highest BCUT2D eigenvalue weighted by Crippen LogP contribution is 2.32. The summed E-state index contributed by atoms with van der Waals surface area (Å²) in [5, 5.41) is 5.67. The summed E-state index contributed by atoms with van der Waals surface area (Å²) in [6.45, 7) is 4.34. The molecule has 1 aromatic carbocycles. The summed E-state index contributed by atoms with van der Waals surface area (Å²) in [5.41, 5.74) is 3.02. The van der Waals surface area contributed by atoms with Gasteiger partial charge in [0, 0.05) is 39.6 Å². The van der Waals surface area contributed by atoms with Crippen molar-refractivity contribution < 1.29 is 0 Å². The molecule has 1 aliphatic rings. The zero-order valence-corrected chi connectivity index (χ0v) is 18.5. The molecule has 4 rings (SSSR count). The van der Waals surface area contributed by atoms with E-state index in [1.54, 1.807) is 0 Å². The van der Waals surface area contributed by atoms with Crippen LogP contribution in [-0.2, 0) is 0 Å². The molecule has 3 heterocycles. The minimum atomic E-state index is 0.713. The van der Waals surface area contributed by atoms with Gasteiger partial charge in [0.1, 0.15) is 0 Å². The third kappa shape index (κ3) is 4.82. The first-order valence-electron chi connectivity index (χ1n) is 10.1. The van der Waals surface area contributed by atoms with E-state index in [9.17, 15) is 0 Å². The van der Waals surface area contributed by atoms with Gasteiger partial charge < -0.3 is 4.90 Å². The van der Waals surface area contributed by atoms with Crippen LogP contribution < -0.4 is 0 Å². The van der Waals surface area contributed by atoms with Crippen LogP contribution in [0.5, 0.6) is 0 Å². The first-order chi connectivity index (χ1) is 14.1. The largest absolute Gasteiger partial charge is 0.306 e. The van der Waals surface area contributed by atoms with Crippen LogP contribution in [0.15, 0.2) is 52.2 Å². The van der Waals surface area contributed by atoms with E-state index >= 15 is 0 Å². The number of rotatable bonds is 5. The van der Waals surface area contributed by atoms with Crippen molar-refractivity contribution in [3.05, 3.63) is 47.2 Å². The maximum absolute atomic E-state index is 4.86. The molecule has 2 aromatic heterocycles. The van der Waals surface area contributed by atoms with Gasteiger partial charge in [0.15, 0.2) is 5.82 Å². The Kier molecular flexibility index (Phi) is 6.21. The number of nitrogens with zero attached hydrogens (tertiary/aromatic N) is 5. The summed E-state index contributed by atoms with van der Waals surface area (Å²) in [5.74, 6) is 1.55. The molecule has 6 heteroatoms. The zero-order valence-electron chi connectivity index (χ0n) is 16.9. The number of aromatic nitrogens is 3. The average Bonchev–Trinajstić information content (AvgIpc) is 3.11. The lowest BCUT2D eigenvalue weighted by Crippen LogP contribution is -2.30. The monoisotopic (exact) mass is 451 g/mol. The smallest absolute Gasteiger partial charge is 0.162 e. The summed E-state index contributed by atoms with van der Waals surface area (Å²) < 4.78 is 2.83. The summed E-state index contributed by atoms with van der Waals surface area (Å²) in [6.07, 6.45) is 11.3. The molecule has 3 aromatic rings. The van der Waals surface area contributed by atoms with E-state index in [0.717, 1.165) is 38.8 Å². The van der Waals surface area contributed by atoms with Crippen molar-refractivity contribution in [3.8, 4) is 11.1 Å². The molecular weight excluding hydrogens is 426 g/mol. The van der Waals surface area contributed by atoms with Crippen LogP contribution in [-0.4, -0.2) is 46.0 Å². The quantitative estimate of drug-likeness (QED) is 0.464. The Balaban J connectivity index is 1.64. The highest BCUT2D eigenvalue weighted by Gasteiger charge is 2.16. The van der Waals surface area contributed by atoms with Crippen LogP contribution in [0.3, 0.4) is 0 Å². The molecule has 1 fully saturated rings. The minimum Gasteiger partial charge on any atom is -0.306 e. The van der Waals surface area contributed by atoms with Gasteiger partial charge in [-0.2, -0.15) is 5.10 Å². The first kappa shape index (κ1) is 20.0. The van der Waals surface area contributed by atoms with Crippen LogP contribution in [0.4, 0.5) is 5.82 Å². The molecule has 150 valence electrons. The van der Waals surface area contributed by atoms with Crippen molar-refractivity contribution in [1.82, 2.24) is 19.7 Å². The second-order valence-electron chi connectivity index (χ2n) is 7.75. The predicted molar refractivity (Wildman–Crippen MR) is 125 cm³/mol. The van der Waals surface area contributed by atoms with Crippen LogP contribution in [0.2, 0.25) is 0 Å². The number of allylic oxidation sites excluding steroid dienone is 1. The summed E-state index contributed by atoms with van der Waals surface area (Å²) in [7, 11) is 2.20. The van der Waals surface area contributed by atoms with E-state index in [-0.39, 0.29) is 0 Å². The molecule has 5 nitrogen and oxygen atoms in total. The fourth-order valence-electron chi connectivity index (χ4n) is 3.76. The lowest BCUT2D eigenvalue weighted by atomic mass is 9.94. The molecule has 1 aliphatic heterocycles. The lowest BCUT2D eigenvalue weighted by molar-refractivity contribution is 0.224. The molecule has 0 amide bonds. The van der Waals surface area contributed by atoms with Crippen molar-refractivity contribution in [2.75, 3.05) is 20.1 Å². The standard InChI is InChI=1S/C23H26BrN5/c1-17(24)16-29-23(25-10-7-18-8-11-28(2)12-9-18)21(15-27-29)20-13-19-5-3-4-6-22(19)26-14-20/h3-6,10,13-16,18H,7-9,11-12H2,1-2H3/b17-16+,25-10+. The highest BCUT2D eigenvalue weighted by molar-refractivity contribution is 9.11. The molecule has 0 unspecified atom stereocenters. The minimum absolute atomic E-state index is 0.713. The Bertz CT molecular complexity index is 1040. The number of fused-ring (bicyclic) bond motifs is 1. The summed E-state index contributed by atoms with van der Waals surface area (Å²) in [4.78, 5) is 11.9. The fourth-order valence-corrected chi connectivity index (χ4v) is 3.95. The van der Waals surface area contributed by atoms with E-state index < -0.39 is 0 Å². The van der Waals surface area contributed by atoms with Crippen LogP contribution >= 0.6 is 15.9 Å². The number of benzene rings is 1. The van der Waals surface area contributed by atoms with Gasteiger partial charge in [-0.15, -0.1) is 0 Å². The number of hydrogen-bond donors (Lipinski definition) is 0. The summed E-state index contributed by atoms with van der Waals surface area (Å²) >= 11 is 3.51. The van der Waals surface area contributed by atoms with E-state index in [4.69, 9.17) is 4.99 Å². The van der Waals surface area contributed by atoms with Crippen LogP contribution in [0.1, 0.15) is 26.2 Å². The van der Waals surface area contributed by atoms with Gasteiger partial charge >= 0.3 is 0 Å². The molecule has 0 aliphatic carbocycles. The van der Waals surface area contributed by atoms with Gasteiger partial charge in [0.2, 0.25) is 0 Å². The molecule has 0 radical (unpaired) electrons. The maximum atomic E-state index is 4.86. The molecule has 29 heavy (non-hydrogen) atoms. The molecule has 1 saturated heterocycles. The topological polar surface area (TPSA) is 46.3 Å². The number of hydrogen-bond acceptors (Lipinski definition) is 4. The second kappa shape index (κ2) is 9.01. The Labute approximate surface area is 180 Å². The number of halogens is 1. The van der Waals surface area contributed by atoms with Gasteiger partial charge in [0.25, 0.3) is 0 Å². The van der Waals surface area contributed by atoms with Gasteiger partial charge in [-0.1, -0.05) is 34.1 Å². The zero-order chi connectivity index (χ0) is 20.2. The average molecular weight is 452 g/mol. The number of likely N-dealkylation sites (tertiary alicyclic amines) is 1. The predicted octanol–water partition coefficient (Wildman–Crippen LogP) is 5.75. The number of para-hydroxylation sites is 1. The van der Waals surface area contributed by atoms with Gasteiger partial charge in [-0.25, -0.2) is 9.67 Å². The molecule has 0 saturated carbocycles. The Hall–Kier alpha value is -2.31. The van der Waals surface area contributed by atoms with Gasteiger partial charge in [-0.05, 0) is 64.4 Å². The number of aliphatic imine (C=N–C) groups is 1. The van der Waals surface area contributed by atoms with E-state index in [2.05, 4.69) is 56.3 Å². The van der Waals surface area contributed by atoms with Crippen molar-refractivity contribution in [2.45, 2.75) is 26.2 Å². The van der Waals surface area contributed by atoms with Crippen molar-refractivity contribution in [3.63, 3.8) is 0 Å². The second-order valence-corrected chi connectivity index (χ2v) is 9.00. The number of pyridine rings is 1.